The highest BCUT2D eigenvalue weighted by Crippen LogP contribution is 2.35. The van der Waals surface area contributed by atoms with Gasteiger partial charge >= 0.3 is 0 Å². The van der Waals surface area contributed by atoms with E-state index in [2.05, 4.69) is 10.3 Å². The molecule has 0 spiro atoms. The van der Waals surface area contributed by atoms with Crippen molar-refractivity contribution < 1.29 is 9.59 Å². The molecule has 0 saturated carbocycles. The number of nitrogens with one attached hydrogen (secondary N) is 1. The molecule has 0 aromatic heterocycles. The number of nitrogens with zero attached hydrogens (tertiary/aromatic N) is 3. The Morgan fingerprint density at radius 1 is 1.17 bits per heavy atom. The molecule has 0 radical (unpaired) electrons. The predicted molar refractivity (Wildman–Crippen MR) is 123 cm³/mol. The van der Waals surface area contributed by atoms with Gasteiger partial charge in [0.2, 0.25) is 5.91 Å². The number of amidine groups is 2. The van der Waals surface area contributed by atoms with Crippen LogP contribution in [0.4, 0.5) is 11.4 Å². The van der Waals surface area contributed by atoms with Gasteiger partial charge in [-0.2, -0.15) is 0 Å². The fourth-order valence-corrected chi connectivity index (χ4v) is 4.64. The van der Waals surface area contributed by atoms with Crippen molar-refractivity contribution in [3.05, 3.63) is 59.2 Å². The monoisotopic (exact) mass is 420 g/mol. The summed E-state index contributed by atoms with van der Waals surface area (Å²) in [5.74, 6) is 0.404. The van der Waals surface area contributed by atoms with Gasteiger partial charge in [-0.1, -0.05) is 49.0 Å². The Morgan fingerprint density at radius 3 is 2.57 bits per heavy atom. The van der Waals surface area contributed by atoms with Crippen molar-refractivity contribution in [2.75, 3.05) is 5.32 Å². The standard InChI is InChI=1S/C23H24N4O2S/c1-5-18(21(28)26-19-13(2)9-8-10-14(19)3)30-23-25-17-12-7-6-11-16(17)20-24-15(4)22(29)27(20)23/h6-12,15,18H,5H2,1-4H3,(H,26,28)/t15-,18-/m0/s1. The highest BCUT2D eigenvalue weighted by molar-refractivity contribution is 8.15. The van der Waals surface area contributed by atoms with Gasteiger partial charge in [-0.3, -0.25) is 14.6 Å². The van der Waals surface area contributed by atoms with Gasteiger partial charge in [-0.25, -0.2) is 9.89 Å². The fraction of sp³-hybridized carbons (Fsp3) is 0.304. The highest BCUT2D eigenvalue weighted by Gasteiger charge is 2.40. The molecule has 2 heterocycles. The summed E-state index contributed by atoms with van der Waals surface area (Å²) in [6.07, 6.45) is 0.603. The van der Waals surface area contributed by atoms with Gasteiger partial charge in [0, 0.05) is 11.3 Å². The molecule has 0 fully saturated rings. The van der Waals surface area contributed by atoms with E-state index in [0.717, 1.165) is 28.1 Å². The number of rotatable bonds is 4. The summed E-state index contributed by atoms with van der Waals surface area (Å²) >= 11 is 1.31. The average Bonchev–Trinajstić information content (AvgIpc) is 3.04. The summed E-state index contributed by atoms with van der Waals surface area (Å²) in [7, 11) is 0. The van der Waals surface area contributed by atoms with Gasteiger partial charge in [0.25, 0.3) is 5.91 Å². The number of anilines is 1. The third-order valence-corrected chi connectivity index (χ3v) is 6.61. The van der Waals surface area contributed by atoms with Crippen LogP contribution in [-0.4, -0.2) is 39.0 Å². The fourth-order valence-electron chi connectivity index (χ4n) is 3.62. The lowest BCUT2D eigenvalue weighted by atomic mass is 10.1. The van der Waals surface area contributed by atoms with Crippen molar-refractivity contribution in [1.82, 2.24) is 4.90 Å². The van der Waals surface area contributed by atoms with Crippen molar-refractivity contribution in [1.29, 1.82) is 0 Å². The first-order valence-corrected chi connectivity index (χ1v) is 10.9. The number of aliphatic imine (C=N–C) groups is 2. The van der Waals surface area contributed by atoms with E-state index < -0.39 is 11.3 Å². The average molecular weight is 421 g/mol. The van der Waals surface area contributed by atoms with Crippen molar-refractivity contribution in [2.24, 2.45) is 9.98 Å². The minimum absolute atomic E-state index is 0.0976. The highest BCUT2D eigenvalue weighted by atomic mass is 32.2. The number of fused-ring (bicyclic) bond motifs is 3. The maximum atomic E-state index is 13.1. The molecule has 2 aliphatic heterocycles. The van der Waals surface area contributed by atoms with Crippen LogP contribution in [0.25, 0.3) is 0 Å². The van der Waals surface area contributed by atoms with Crippen LogP contribution >= 0.6 is 11.8 Å². The molecule has 2 aliphatic rings. The summed E-state index contributed by atoms with van der Waals surface area (Å²) in [6.45, 7) is 7.70. The molecule has 0 bridgehead atoms. The van der Waals surface area contributed by atoms with Gasteiger partial charge in [0.15, 0.2) is 5.17 Å². The molecular weight excluding hydrogens is 396 g/mol. The van der Waals surface area contributed by atoms with Crippen LogP contribution in [0.5, 0.6) is 0 Å². The Labute approximate surface area is 180 Å². The molecule has 0 unspecified atom stereocenters. The summed E-state index contributed by atoms with van der Waals surface area (Å²) in [5.41, 5.74) is 4.48. The molecule has 0 saturated heterocycles. The topological polar surface area (TPSA) is 74.1 Å². The van der Waals surface area contributed by atoms with E-state index in [1.54, 1.807) is 11.8 Å². The van der Waals surface area contributed by atoms with Gasteiger partial charge in [-0.15, -0.1) is 0 Å². The number of hydrogen-bond acceptors (Lipinski definition) is 5. The molecule has 154 valence electrons. The van der Waals surface area contributed by atoms with Gasteiger partial charge in [0.05, 0.1) is 10.9 Å². The van der Waals surface area contributed by atoms with E-state index in [1.807, 2.05) is 63.2 Å². The van der Waals surface area contributed by atoms with Gasteiger partial charge < -0.3 is 5.32 Å². The lowest BCUT2D eigenvalue weighted by molar-refractivity contribution is -0.124. The molecule has 6 nitrogen and oxygen atoms in total. The molecule has 4 rings (SSSR count). The van der Waals surface area contributed by atoms with Crippen molar-refractivity contribution in [3.8, 4) is 0 Å². The Hall–Kier alpha value is -2.93. The second-order valence-corrected chi connectivity index (χ2v) is 8.65. The van der Waals surface area contributed by atoms with E-state index in [9.17, 15) is 9.59 Å². The molecule has 2 atom stereocenters. The molecule has 2 aromatic carbocycles. The number of aryl methyl sites for hydroxylation is 2. The van der Waals surface area contributed by atoms with E-state index in [4.69, 9.17) is 4.99 Å². The van der Waals surface area contributed by atoms with E-state index in [0.29, 0.717) is 17.4 Å². The Kier molecular flexibility index (Phi) is 5.47. The van der Waals surface area contributed by atoms with Gasteiger partial charge in [0.1, 0.15) is 11.9 Å². The lowest BCUT2D eigenvalue weighted by Gasteiger charge is -2.27. The lowest BCUT2D eigenvalue weighted by Crippen LogP contribution is -2.42. The Balaban J connectivity index is 1.63. The van der Waals surface area contributed by atoms with Crippen LogP contribution < -0.4 is 5.32 Å². The first-order valence-electron chi connectivity index (χ1n) is 10.0. The zero-order chi connectivity index (χ0) is 21.4. The molecule has 1 N–H and O–H groups in total. The molecule has 7 heteroatoms. The minimum Gasteiger partial charge on any atom is -0.325 e. The van der Waals surface area contributed by atoms with Crippen molar-refractivity contribution >= 4 is 46.0 Å². The Morgan fingerprint density at radius 2 is 1.87 bits per heavy atom. The molecule has 2 aromatic rings. The first kappa shape index (κ1) is 20.3. The third-order valence-electron chi connectivity index (χ3n) is 5.30. The summed E-state index contributed by atoms with van der Waals surface area (Å²) in [6, 6.07) is 13.1. The van der Waals surface area contributed by atoms with Crippen LogP contribution in [0.2, 0.25) is 0 Å². The molecule has 0 aliphatic carbocycles. The number of thioether (sulfide) groups is 1. The smallest absolute Gasteiger partial charge is 0.258 e. The minimum atomic E-state index is -0.458. The van der Waals surface area contributed by atoms with E-state index in [-0.39, 0.29) is 11.8 Å². The number of carbonyl (C=O) groups excluding carboxylic acids is 2. The van der Waals surface area contributed by atoms with Crippen molar-refractivity contribution in [3.63, 3.8) is 0 Å². The summed E-state index contributed by atoms with van der Waals surface area (Å²) in [4.78, 5) is 36.7. The quantitative estimate of drug-likeness (QED) is 0.795. The van der Waals surface area contributed by atoms with Gasteiger partial charge in [-0.05, 0) is 50.5 Å². The van der Waals surface area contributed by atoms with Crippen LogP contribution in [0.3, 0.4) is 0 Å². The van der Waals surface area contributed by atoms with Crippen LogP contribution in [0.15, 0.2) is 52.4 Å². The number of carbonyl (C=O) groups is 2. The largest absolute Gasteiger partial charge is 0.325 e. The van der Waals surface area contributed by atoms with Crippen LogP contribution in [0.1, 0.15) is 37.0 Å². The maximum absolute atomic E-state index is 13.1. The number of amides is 2. The molecular formula is C23H24N4O2S. The van der Waals surface area contributed by atoms with E-state index in [1.165, 1.54) is 11.8 Å². The number of hydrogen-bond donors (Lipinski definition) is 1. The normalized spacial score (nSPS) is 18.3. The van der Waals surface area contributed by atoms with E-state index >= 15 is 0 Å². The zero-order valence-electron chi connectivity index (χ0n) is 17.5. The number of benzene rings is 2. The number of para-hydroxylation sites is 2. The summed E-state index contributed by atoms with van der Waals surface area (Å²) in [5, 5.41) is 3.18. The molecule has 2 amide bonds. The second kappa shape index (κ2) is 8.07. The molecule has 30 heavy (non-hydrogen) atoms. The van der Waals surface area contributed by atoms with Crippen LogP contribution in [0, 0.1) is 13.8 Å². The SMILES string of the molecule is CC[C@H](SC1=Nc2ccccc2C2=N[C@@H](C)C(=O)N12)C(=O)Nc1c(C)cccc1C. The second-order valence-electron chi connectivity index (χ2n) is 7.48. The zero-order valence-corrected chi connectivity index (χ0v) is 18.3. The maximum Gasteiger partial charge on any atom is 0.258 e. The first-order chi connectivity index (χ1) is 14.4. The Bertz CT molecular complexity index is 1070. The predicted octanol–water partition coefficient (Wildman–Crippen LogP) is 4.43. The third kappa shape index (κ3) is 3.54. The van der Waals surface area contributed by atoms with Crippen LogP contribution in [-0.2, 0) is 9.59 Å². The summed E-state index contributed by atoms with van der Waals surface area (Å²) < 4.78 is 0. The van der Waals surface area contributed by atoms with Crippen molar-refractivity contribution in [2.45, 2.75) is 45.4 Å².